The molecule has 2 amide bonds. The molecule has 130 valence electrons. The first-order chi connectivity index (χ1) is 11.5. The van der Waals surface area contributed by atoms with Gasteiger partial charge in [0.25, 0.3) is 5.91 Å². The average Bonchev–Trinajstić information content (AvgIpc) is 3.39. The molecule has 3 rings (SSSR count). The minimum absolute atomic E-state index is 0.127. The highest BCUT2D eigenvalue weighted by Gasteiger charge is 2.25. The molecule has 24 heavy (non-hydrogen) atoms. The van der Waals surface area contributed by atoms with Gasteiger partial charge in [0.1, 0.15) is 0 Å². The monoisotopic (exact) mass is 329 g/mol. The molecule has 1 N–H and O–H groups in total. The highest BCUT2D eigenvalue weighted by molar-refractivity contribution is 5.96. The van der Waals surface area contributed by atoms with Crippen LogP contribution >= 0.6 is 0 Å². The Morgan fingerprint density at radius 1 is 1.12 bits per heavy atom. The SMILES string of the molecule is Cc1cccc(C(=O)N2CCN(CCC(=O)NC3CC3)CC2)c1C. The Bertz CT molecular complexity index is 617. The number of carbonyl (C=O) groups is 2. The lowest BCUT2D eigenvalue weighted by Crippen LogP contribution is -2.49. The van der Waals surface area contributed by atoms with E-state index in [0.29, 0.717) is 12.5 Å². The number of amides is 2. The van der Waals surface area contributed by atoms with E-state index in [1.165, 1.54) is 0 Å². The summed E-state index contributed by atoms with van der Waals surface area (Å²) in [6, 6.07) is 6.34. The summed E-state index contributed by atoms with van der Waals surface area (Å²) < 4.78 is 0. The van der Waals surface area contributed by atoms with Crippen molar-refractivity contribution in [2.45, 2.75) is 39.2 Å². The van der Waals surface area contributed by atoms with Crippen molar-refractivity contribution in [3.8, 4) is 0 Å². The van der Waals surface area contributed by atoms with E-state index in [1.54, 1.807) is 0 Å². The number of aryl methyl sites for hydroxylation is 1. The van der Waals surface area contributed by atoms with Gasteiger partial charge in [-0.2, -0.15) is 0 Å². The van der Waals surface area contributed by atoms with Crippen molar-refractivity contribution in [1.82, 2.24) is 15.1 Å². The number of benzene rings is 1. The van der Waals surface area contributed by atoms with Gasteiger partial charge in [0, 0.05) is 50.7 Å². The molecule has 0 aromatic heterocycles. The van der Waals surface area contributed by atoms with E-state index < -0.39 is 0 Å². The van der Waals surface area contributed by atoms with Gasteiger partial charge in [-0.3, -0.25) is 14.5 Å². The van der Waals surface area contributed by atoms with Gasteiger partial charge in [0.05, 0.1) is 0 Å². The third kappa shape index (κ3) is 4.15. The fourth-order valence-electron chi connectivity index (χ4n) is 3.11. The minimum atomic E-state index is 0.127. The molecule has 1 heterocycles. The summed E-state index contributed by atoms with van der Waals surface area (Å²) in [6.07, 6.45) is 2.82. The molecule has 1 saturated heterocycles. The van der Waals surface area contributed by atoms with Crippen LogP contribution in [-0.4, -0.2) is 60.4 Å². The maximum atomic E-state index is 12.7. The van der Waals surface area contributed by atoms with Crippen molar-refractivity contribution in [2.75, 3.05) is 32.7 Å². The van der Waals surface area contributed by atoms with Gasteiger partial charge in [-0.15, -0.1) is 0 Å². The second-order valence-electron chi connectivity index (χ2n) is 6.97. The quantitative estimate of drug-likeness (QED) is 0.895. The van der Waals surface area contributed by atoms with Crippen LogP contribution in [0.1, 0.15) is 40.7 Å². The van der Waals surface area contributed by atoms with E-state index in [0.717, 1.165) is 62.3 Å². The Morgan fingerprint density at radius 3 is 2.50 bits per heavy atom. The van der Waals surface area contributed by atoms with Crippen LogP contribution in [0.3, 0.4) is 0 Å². The molecule has 0 radical (unpaired) electrons. The zero-order valence-corrected chi connectivity index (χ0v) is 14.7. The average molecular weight is 329 g/mol. The summed E-state index contributed by atoms with van der Waals surface area (Å²) in [5.74, 6) is 0.286. The van der Waals surface area contributed by atoms with Crippen molar-refractivity contribution in [3.63, 3.8) is 0 Å². The summed E-state index contributed by atoms with van der Waals surface area (Å²) in [6.45, 7) is 7.98. The van der Waals surface area contributed by atoms with Gasteiger partial charge in [-0.25, -0.2) is 0 Å². The van der Waals surface area contributed by atoms with Crippen LogP contribution in [0.15, 0.2) is 18.2 Å². The Hall–Kier alpha value is -1.88. The molecule has 1 aromatic rings. The van der Waals surface area contributed by atoms with E-state index in [-0.39, 0.29) is 11.8 Å². The molecule has 0 bridgehead atoms. The van der Waals surface area contributed by atoms with Crippen molar-refractivity contribution < 1.29 is 9.59 Å². The topological polar surface area (TPSA) is 52.7 Å². The van der Waals surface area contributed by atoms with Gasteiger partial charge >= 0.3 is 0 Å². The van der Waals surface area contributed by atoms with Crippen molar-refractivity contribution in [2.24, 2.45) is 0 Å². The molecule has 1 saturated carbocycles. The van der Waals surface area contributed by atoms with E-state index in [9.17, 15) is 9.59 Å². The third-order valence-corrected chi connectivity index (χ3v) is 5.09. The van der Waals surface area contributed by atoms with Gasteiger partial charge in [0.2, 0.25) is 5.91 Å². The lowest BCUT2D eigenvalue weighted by atomic mass is 10.0. The zero-order chi connectivity index (χ0) is 17.1. The second-order valence-corrected chi connectivity index (χ2v) is 6.97. The van der Waals surface area contributed by atoms with E-state index in [2.05, 4.69) is 10.2 Å². The molecule has 0 unspecified atom stereocenters. The molecular weight excluding hydrogens is 302 g/mol. The first kappa shape index (κ1) is 17.0. The predicted octanol–water partition coefficient (Wildman–Crippen LogP) is 1.73. The number of piperazine rings is 1. The molecular formula is C19H27N3O2. The maximum absolute atomic E-state index is 12.7. The molecule has 5 heteroatoms. The Balaban J connectivity index is 1.46. The lowest BCUT2D eigenvalue weighted by molar-refractivity contribution is -0.121. The van der Waals surface area contributed by atoms with Crippen molar-refractivity contribution in [1.29, 1.82) is 0 Å². The summed E-state index contributed by atoms with van der Waals surface area (Å²) >= 11 is 0. The van der Waals surface area contributed by atoms with Gasteiger partial charge in [0.15, 0.2) is 0 Å². The van der Waals surface area contributed by atoms with Crippen molar-refractivity contribution >= 4 is 11.8 Å². The largest absolute Gasteiger partial charge is 0.353 e. The third-order valence-electron chi connectivity index (χ3n) is 5.09. The molecule has 1 aromatic carbocycles. The standard InChI is InChI=1S/C19H27N3O2/c1-14-4-3-5-17(15(14)2)19(24)22-12-10-21(11-13-22)9-8-18(23)20-16-6-7-16/h3-5,16H,6-13H2,1-2H3,(H,20,23). The molecule has 0 spiro atoms. The van der Waals surface area contributed by atoms with E-state index in [4.69, 9.17) is 0 Å². The number of nitrogens with zero attached hydrogens (tertiary/aromatic N) is 2. The Kier molecular flexibility index (Phi) is 5.19. The van der Waals surface area contributed by atoms with Crippen LogP contribution in [0.25, 0.3) is 0 Å². The number of hydrogen-bond acceptors (Lipinski definition) is 3. The summed E-state index contributed by atoms with van der Waals surface area (Å²) in [7, 11) is 0. The predicted molar refractivity (Wildman–Crippen MR) is 94.0 cm³/mol. The fraction of sp³-hybridized carbons (Fsp3) is 0.579. The minimum Gasteiger partial charge on any atom is -0.353 e. The molecule has 1 aliphatic heterocycles. The maximum Gasteiger partial charge on any atom is 0.254 e. The van der Waals surface area contributed by atoms with Gasteiger partial charge < -0.3 is 10.2 Å². The highest BCUT2D eigenvalue weighted by Crippen LogP contribution is 2.19. The highest BCUT2D eigenvalue weighted by atomic mass is 16.2. The smallest absolute Gasteiger partial charge is 0.254 e. The number of nitrogens with one attached hydrogen (secondary N) is 1. The van der Waals surface area contributed by atoms with Crippen LogP contribution < -0.4 is 5.32 Å². The van der Waals surface area contributed by atoms with Crippen LogP contribution in [0.5, 0.6) is 0 Å². The molecule has 2 aliphatic rings. The van der Waals surface area contributed by atoms with Crippen LogP contribution in [0.2, 0.25) is 0 Å². The summed E-state index contributed by atoms with van der Waals surface area (Å²) in [5, 5.41) is 3.02. The van der Waals surface area contributed by atoms with Crippen LogP contribution in [0, 0.1) is 13.8 Å². The molecule has 5 nitrogen and oxygen atoms in total. The van der Waals surface area contributed by atoms with E-state index >= 15 is 0 Å². The van der Waals surface area contributed by atoms with Crippen molar-refractivity contribution in [3.05, 3.63) is 34.9 Å². The second kappa shape index (κ2) is 7.34. The molecule has 1 aliphatic carbocycles. The summed E-state index contributed by atoms with van der Waals surface area (Å²) in [4.78, 5) is 28.7. The Morgan fingerprint density at radius 2 is 1.83 bits per heavy atom. The first-order valence-electron chi connectivity index (χ1n) is 8.92. The van der Waals surface area contributed by atoms with Crippen LogP contribution in [-0.2, 0) is 4.79 Å². The van der Waals surface area contributed by atoms with Gasteiger partial charge in [-0.1, -0.05) is 12.1 Å². The number of hydrogen-bond donors (Lipinski definition) is 1. The molecule has 2 fully saturated rings. The number of rotatable bonds is 5. The normalized spacial score (nSPS) is 18.5. The Labute approximate surface area is 144 Å². The lowest BCUT2D eigenvalue weighted by Gasteiger charge is -2.35. The fourth-order valence-corrected chi connectivity index (χ4v) is 3.11. The molecule has 0 atom stereocenters. The van der Waals surface area contributed by atoms with Crippen LogP contribution in [0.4, 0.5) is 0 Å². The van der Waals surface area contributed by atoms with E-state index in [1.807, 2.05) is 36.9 Å². The van der Waals surface area contributed by atoms with Gasteiger partial charge in [-0.05, 0) is 43.9 Å². The number of carbonyl (C=O) groups excluding carboxylic acids is 2. The summed E-state index contributed by atoms with van der Waals surface area (Å²) in [5.41, 5.74) is 3.04. The zero-order valence-electron chi connectivity index (χ0n) is 14.7. The first-order valence-corrected chi connectivity index (χ1v) is 8.92.